The number of carbonyl (C=O) groups is 1. The van der Waals surface area contributed by atoms with Gasteiger partial charge in [-0.25, -0.2) is 4.39 Å². The quantitative estimate of drug-likeness (QED) is 0.788. The van der Waals surface area contributed by atoms with Crippen molar-refractivity contribution in [1.29, 1.82) is 0 Å². The summed E-state index contributed by atoms with van der Waals surface area (Å²) < 4.78 is 13.4. The number of hydrogen-bond donors (Lipinski definition) is 2. The van der Waals surface area contributed by atoms with Crippen LogP contribution in [0.25, 0.3) is 0 Å². The van der Waals surface area contributed by atoms with Crippen molar-refractivity contribution in [1.82, 2.24) is 0 Å². The van der Waals surface area contributed by atoms with E-state index in [1.54, 1.807) is 11.4 Å². The van der Waals surface area contributed by atoms with Crippen molar-refractivity contribution in [3.63, 3.8) is 0 Å². The Balaban J connectivity index is 2.21. The van der Waals surface area contributed by atoms with Crippen molar-refractivity contribution < 1.29 is 9.18 Å². The summed E-state index contributed by atoms with van der Waals surface area (Å²) in [5, 5.41) is 6.19. The summed E-state index contributed by atoms with van der Waals surface area (Å²) in [6.45, 7) is 0. The summed E-state index contributed by atoms with van der Waals surface area (Å²) in [4.78, 5) is 11.7. The SMILES string of the molecule is Nc1ccc(C(=O)Nc2ccsc2)c(F)c1. The van der Waals surface area contributed by atoms with E-state index in [0.29, 0.717) is 11.4 Å². The summed E-state index contributed by atoms with van der Waals surface area (Å²) in [5.74, 6) is -1.09. The number of nitrogens with two attached hydrogens (primary N) is 1. The molecular formula is C11H9FN2OS. The van der Waals surface area contributed by atoms with E-state index in [1.165, 1.54) is 23.5 Å². The first-order valence-corrected chi connectivity index (χ1v) is 5.49. The molecule has 2 aromatic rings. The van der Waals surface area contributed by atoms with Gasteiger partial charge in [0.1, 0.15) is 5.82 Å². The van der Waals surface area contributed by atoms with Crippen LogP contribution >= 0.6 is 11.3 Å². The maximum absolute atomic E-state index is 13.4. The van der Waals surface area contributed by atoms with Gasteiger partial charge in [0.2, 0.25) is 0 Å². The number of nitrogens with one attached hydrogen (secondary N) is 1. The molecule has 1 aromatic heterocycles. The van der Waals surface area contributed by atoms with E-state index in [9.17, 15) is 9.18 Å². The van der Waals surface area contributed by atoms with Crippen molar-refractivity contribution in [2.45, 2.75) is 0 Å². The van der Waals surface area contributed by atoms with Crippen molar-refractivity contribution in [3.8, 4) is 0 Å². The lowest BCUT2D eigenvalue weighted by atomic mass is 10.2. The first-order chi connectivity index (χ1) is 7.66. The molecule has 1 amide bonds. The molecule has 0 atom stereocenters. The highest BCUT2D eigenvalue weighted by atomic mass is 32.1. The second-order valence-electron chi connectivity index (χ2n) is 3.21. The molecule has 0 fully saturated rings. The summed E-state index contributed by atoms with van der Waals surface area (Å²) >= 11 is 1.45. The zero-order valence-corrected chi connectivity index (χ0v) is 9.05. The van der Waals surface area contributed by atoms with Crippen LogP contribution in [0.15, 0.2) is 35.0 Å². The van der Waals surface area contributed by atoms with E-state index in [2.05, 4.69) is 5.32 Å². The van der Waals surface area contributed by atoms with E-state index < -0.39 is 11.7 Å². The predicted octanol–water partition coefficient (Wildman–Crippen LogP) is 2.72. The Labute approximate surface area is 95.7 Å². The fourth-order valence-electron chi connectivity index (χ4n) is 1.25. The third-order valence-electron chi connectivity index (χ3n) is 2.02. The fourth-order valence-corrected chi connectivity index (χ4v) is 1.84. The molecule has 0 aliphatic rings. The minimum atomic E-state index is -0.618. The van der Waals surface area contributed by atoms with Gasteiger partial charge in [0, 0.05) is 11.1 Å². The lowest BCUT2D eigenvalue weighted by Gasteiger charge is -2.04. The highest BCUT2D eigenvalue weighted by molar-refractivity contribution is 7.08. The number of halogens is 1. The van der Waals surface area contributed by atoms with E-state index in [-0.39, 0.29) is 5.56 Å². The van der Waals surface area contributed by atoms with Gasteiger partial charge in [0.25, 0.3) is 5.91 Å². The Morgan fingerprint density at radius 1 is 1.38 bits per heavy atom. The maximum atomic E-state index is 13.4. The van der Waals surface area contributed by atoms with Crippen LogP contribution in [0.1, 0.15) is 10.4 Å². The molecule has 0 unspecified atom stereocenters. The lowest BCUT2D eigenvalue weighted by Crippen LogP contribution is -2.13. The second-order valence-corrected chi connectivity index (χ2v) is 3.99. The van der Waals surface area contributed by atoms with Gasteiger partial charge in [-0.3, -0.25) is 4.79 Å². The van der Waals surface area contributed by atoms with Gasteiger partial charge in [0.05, 0.1) is 11.3 Å². The van der Waals surface area contributed by atoms with Crippen LogP contribution in [0.2, 0.25) is 0 Å². The molecule has 3 nitrogen and oxygen atoms in total. The Hall–Kier alpha value is -1.88. The van der Waals surface area contributed by atoms with Crippen LogP contribution in [0.3, 0.4) is 0 Å². The standard InChI is InChI=1S/C11H9FN2OS/c12-10-5-7(13)1-2-9(10)11(15)14-8-3-4-16-6-8/h1-6H,13H2,(H,14,15). The van der Waals surface area contributed by atoms with Crippen molar-refractivity contribution in [3.05, 3.63) is 46.4 Å². The molecule has 1 aromatic carbocycles. The van der Waals surface area contributed by atoms with Crippen LogP contribution < -0.4 is 11.1 Å². The molecule has 0 spiro atoms. The average Bonchev–Trinajstić information content (AvgIpc) is 2.70. The molecule has 0 saturated carbocycles. The van der Waals surface area contributed by atoms with Crippen LogP contribution in [0.4, 0.5) is 15.8 Å². The molecule has 0 aliphatic heterocycles. The molecule has 5 heteroatoms. The van der Waals surface area contributed by atoms with Gasteiger partial charge in [-0.1, -0.05) is 0 Å². The predicted molar refractivity (Wildman–Crippen MR) is 63.1 cm³/mol. The number of amides is 1. The second kappa shape index (κ2) is 4.32. The van der Waals surface area contributed by atoms with Crippen LogP contribution in [0, 0.1) is 5.82 Å². The molecule has 1 heterocycles. The number of anilines is 2. The number of nitrogen functional groups attached to an aromatic ring is 1. The highest BCUT2D eigenvalue weighted by Crippen LogP contribution is 2.16. The zero-order valence-electron chi connectivity index (χ0n) is 8.24. The first kappa shape index (κ1) is 10.6. The van der Waals surface area contributed by atoms with Crippen molar-refractivity contribution in [2.75, 3.05) is 11.1 Å². The number of benzene rings is 1. The third-order valence-corrected chi connectivity index (χ3v) is 2.70. The first-order valence-electron chi connectivity index (χ1n) is 4.55. The Kier molecular flexibility index (Phi) is 2.87. The Morgan fingerprint density at radius 3 is 2.81 bits per heavy atom. The van der Waals surface area contributed by atoms with Crippen LogP contribution in [-0.2, 0) is 0 Å². The van der Waals surface area contributed by atoms with Gasteiger partial charge < -0.3 is 11.1 Å². The normalized spacial score (nSPS) is 10.1. The fraction of sp³-hybridized carbons (Fsp3) is 0. The molecule has 0 radical (unpaired) electrons. The Bertz CT molecular complexity index is 511. The van der Waals surface area contributed by atoms with Crippen LogP contribution in [0.5, 0.6) is 0 Å². The zero-order chi connectivity index (χ0) is 11.5. The van der Waals surface area contributed by atoms with E-state index in [0.717, 1.165) is 6.07 Å². The van der Waals surface area contributed by atoms with Crippen molar-refractivity contribution in [2.24, 2.45) is 0 Å². The molecule has 0 aliphatic carbocycles. The van der Waals surface area contributed by atoms with Gasteiger partial charge in [0.15, 0.2) is 0 Å². The molecule has 0 bridgehead atoms. The van der Waals surface area contributed by atoms with Crippen LogP contribution in [-0.4, -0.2) is 5.91 Å². The molecule has 82 valence electrons. The third kappa shape index (κ3) is 2.20. The van der Waals surface area contributed by atoms with E-state index in [4.69, 9.17) is 5.73 Å². The topological polar surface area (TPSA) is 55.1 Å². The summed E-state index contributed by atoms with van der Waals surface area (Å²) in [6.07, 6.45) is 0. The highest BCUT2D eigenvalue weighted by Gasteiger charge is 2.11. The lowest BCUT2D eigenvalue weighted by molar-refractivity contribution is 0.102. The average molecular weight is 236 g/mol. The van der Waals surface area contributed by atoms with Gasteiger partial charge in [-0.15, -0.1) is 0 Å². The largest absolute Gasteiger partial charge is 0.399 e. The molecule has 16 heavy (non-hydrogen) atoms. The van der Waals surface area contributed by atoms with Crippen molar-refractivity contribution >= 4 is 28.6 Å². The van der Waals surface area contributed by atoms with E-state index >= 15 is 0 Å². The Morgan fingerprint density at radius 2 is 2.19 bits per heavy atom. The number of carbonyl (C=O) groups excluding carboxylic acids is 1. The maximum Gasteiger partial charge on any atom is 0.258 e. The summed E-state index contributed by atoms with van der Waals surface area (Å²) in [5.41, 5.74) is 6.33. The smallest absolute Gasteiger partial charge is 0.258 e. The monoisotopic (exact) mass is 236 g/mol. The number of hydrogen-bond acceptors (Lipinski definition) is 3. The minimum Gasteiger partial charge on any atom is -0.399 e. The molecule has 0 saturated heterocycles. The summed E-state index contributed by atoms with van der Waals surface area (Å²) in [6, 6.07) is 5.73. The number of rotatable bonds is 2. The summed E-state index contributed by atoms with van der Waals surface area (Å²) in [7, 11) is 0. The van der Waals surface area contributed by atoms with Gasteiger partial charge >= 0.3 is 0 Å². The molecular weight excluding hydrogens is 227 g/mol. The number of thiophene rings is 1. The van der Waals surface area contributed by atoms with E-state index in [1.807, 2.05) is 5.38 Å². The van der Waals surface area contributed by atoms with Gasteiger partial charge in [-0.05, 0) is 29.6 Å². The van der Waals surface area contributed by atoms with Gasteiger partial charge in [-0.2, -0.15) is 11.3 Å². The molecule has 2 rings (SSSR count). The molecule has 3 N–H and O–H groups in total. The minimum absolute atomic E-state index is 0.0135.